The standard InChI is InChI=1S/C10H9Cl2F3O2/c11-4-8(16)9(17)5-1-2-7(12)6(3-5)10(13,14)15/h1-3,8-9,16-17H,4H2. The van der Waals surface area contributed by atoms with Crippen LogP contribution in [0.1, 0.15) is 17.2 Å². The summed E-state index contributed by atoms with van der Waals surface area (Å²) in [5.74, 6) is -0.287. The van der Waals surface area contributed by atoms with Crippen molar-refractivity contribution in [2.75, 3.05) is 5.88 Å². The van der Waals surface area contributed by atoms with E-state index in [9.17, 15) is 23.4 Å². The zero-order chi connectivity index (χ0) is 13.2. The van der Waals surface area contributed by atoms with E-state index in [0.29, 0.717) is 6.07 Å². The smallest absolute Gasteiger partial charge is 0.389 e. The molecule has 1 aromatic rings. The van der Waals surface area contributed by atoms with Crippen LogP contribution in [-0.2, 0) is 6.18 Å². The van der Waals surface area contributed by atoms with Crippen LogP contribution in [0.15, 0.2) is 18.2 Å². The summed E-state index contributed by atoms with van der Waals surface area (Å²) in [7, 11) is 0. The van der Waals surface area contributed by atoms with Gasteiger partial charge in [0.2, 0.25) is 0 Å². The number of halogens is 5. The number of rotatable bonds is 3. The first-order chi connectivity index (χ1) is 7.77. The molecule has 0 heterocycles. The van der Waals surface area contributed by atoms with Gasteiger partial charge in [-0.25, -0.2) is 0 Å². The van der Waals surface area contributed by atoms with Crippen LogP contribution in [0.25, 0.3) is 0 Å². The normalized spacial score (nSPS) is 15.7. The molecule has 0 aliphatic heterocycles. The third-order valence-electron chi connectivity index (χ3n) is 2.16. The summed E-state index contributed by atoms with van der Waals surface area (Å²) >= 11 is 10.7. The van der Waals surface area contributed by atoms with Gasteiger partial charge < -0.3 is 10.2 Å². The van der Waals surface area contributed by atoms with Crippen molar-refractivity contribution < 1.29 is 23.4 Å². The number of benzene rings is 1. The van der Waals surface area contributed by atoms with Crippen molar-refractivity contribution >= 4 is 23.2 Å². The Morgan fingerprint density at radius 1 is 1.24 bits per heavy atom. The maximum atomic E-state index is 12.5. The van der Waals surface area contributed by atoms with Gasteiger partial charge in [-0.05, 0) is 17.7 Å². The molecule has 2 N–H and O–H groups in total. The van der Waals surface area contributed by atoms with Crippen LogP contribution < -0.4 is 0 Å². The van der Waals surface area contributed by atoms with Gasteiger partial charge in [0, 0.05) is 0 Å². The van der Waals surface area contributed by atoms with Crippen molar-refractivity contribution in [2.45, 2.75) is 18.4 Å². The molecule has 0 aliphatic carbocycles. The Morgan fingerprint density at radius 2 is 1.82 bits per heavy atom. The van der Waals surface area contributed by atoms with Crippen LogP contribution in [0.5, 0.6) is 0 Å². The lowest BCUT2D eigenvalue weighted by Crippen LogP contribution is -2.20. The minimum Gasteiger partial charge on any atom is -0.389 e. The van der Waals surface area contributed by atoms with Crippen LogP contribution >= 0.6 is 23.2 Å². The summed E-state index contributed by atoms with van der Waals surface area (Å²) in [6, 6.07) is 2.92. The Kier molecular flexibility index (Phi) is 4.66. The maximum absolute atomic E-state index is 12.5. The first-order valence-electron chi connectivity index (χ1n) is 4.56. The van der Waals surface area contributed by atoms with Crippen molar-refractivity contribution in [3.63, 3.8) is 0 Å². The zero-order valence-corrected chi connectivity index (χ0v) is 9.89. The van der Waals surface area contributed by atoms with Crippen molar-refractivity contribution in [3.05, 3.63) is 34.3 Å². The van der Waals surface area contributed by atoms with Crippen molar-refractivity contribution in [3.8, 4) is 0 Å². The van der Waals surface area contributed by atoms with E-state index in [2.05, 4.69) is 0 Å². The number of hydrogen-bond donors (Lipinski definition) is 2. The molecule has 0 bridgehead atoms. The van der Waals surface area contributed by atoms with E-state index < -0.39 is 29.0 Å². The number of aliphatic hydroxyl groups excluding tert-OH is 2. The molecule has 0 saturated heterocycles. The molecule has 0 saturated carbocycles. The Bertz CT molecular complexity index is 396. The lowest BCUT2D eigenvalue weighted by Gasteiger charge is -2.18. The minimum atomic E-state index is -4.61. The van der Waals surface area contributed by atoms with Gasteiger partial charge in [0.15, 0.2) is 0 Å². The second-order valence-electron chi connectivity index (χ2n) is 3.40. The molecule has 0 radical (unpaired) electrons. The highest BCUT2D eigenvalue weighted by atomic mass is 35.5. The van der Waals surface area contributed by atoms with Crippen molar-refractivity contribution in [1.82, 2.24) is 0 Å². The first-order valence-corrected chi connectivity index (χ1v) is 5.47. The number of alkyl halides is 4. The van der Waals surface area contributed by atoms with E-state index in [0.717, 1.165) is 6.07 Å². The van der Waals surface area contributed by atoms with Gasteiger partial charge >= 0.3 is 6.18 Å². The van der Waals surface area contributed by atoms with Gasteiger partial charge in [-0.3, -0.25) is 0 Å². The summed E-state index contributed by atoms with van der Waals surface area (Å²) in [6.45, 7) is 0. The van der Waals surface area contributed by atoms with Gasteiger partial charge in [-0.1, -0.05) is 17.7 Å². The maximum Gasteiger partial charge on any atom is 0.417 e. The van der Waals surface area contributed by atoms with Gasteiger partial charge in [-0.2, -0.15) is 13.2 Å². The van der Waals surface area contributed by atoms with Crippen LogP contribution in [0.3, 0.4) is 0 Å². The third-order valence-corrected chi connectivity index (χ3v) is 2.81. The molecule has 2 unspecified atom stereocenters. The largest absolute Gasteiger partial charge is 0.417 e. The lowest BCUT2D eigenvalue weighted by atomic mass is 10.0. The molecule has 17 heavy (non-hydrogen) atoms. The third kappa shape index (κ3) is 3.48. The molecule has 0 fully saturated rings. The fourth-order valence-electron chi connectivity index (χ4n) is 1.25. The Labute approximate surface area is 106 Å². The molecule has 0 aliphatic rings. The topological polar surface area (TPSA) is 40.5 Å². The summed E-state index contributed by atoms with van der Waals surface area (Å²) in [5.41, 5.74) is -1.15. The van der Waals surface area contributed by atoms with Crippen molar-refractivity contribution in [1.29, 1.82) is 0 Å². The van der Waals surface area contributed by atoms with Gasteiger partial charge in [-0.15, -0.1) is 11.6 Å². The molecule has 96 valence electrons. The summed E-state index contributed by atoms with van der Waals surface area (Å²) in [6.07, 6.45) is -7.43. The van der Waals surface area contributed by atoms with Crippen LogP contribution in [0, 0.1) is 0 Å². The van der Waals surface area contributed by atoms with E-state index in [1.165, 1.54) is 6.07 Å². The minimum absolute atomic E-state index is 0.0881. The lowest BCUT2D eigenvalue weighted by molar-refractivity contribution is -0.137. The van der Waals surface area contributed by atoms with E-state index in [1.54, 1.807) is 0 Å². The fourth-order valence-corrected chi connectivity index (χ4v) is 1.64. The van der Waals surface area contributed by atoms with E-state index in [4.69, 9.17) is 23.2 Å². The predicted octanol–water partition coefficient (Wildman–Crippen LogP) is 2.99. The predicted molar refractivity (Wildman–Crippen MR) is 58.1 cm³/mol. The molecular weight excluding hydrogens is 280 g/mol. The Balaban J connectivity index is 3.13. The van der Waals surface area contributed by atoms with Crippen molar-refractivity contribution in [2.24, 2.45) is 0 Å². The molecular formula is C10H9Cl2F3O2. The van der Waals surface area contributed by atoms with Gasteiger partial charge in [0.25, 0.3) is 0 Å². The Hall–Kier alpha value is -0.490. The zero-order valence-electron chi connectivity index (χ0n) is 8.38. The van der Waals surface area contributed by atoms with Crippen LogP contribution in [-0.4, -0.2) is 22.2 Å². The van der Waals surface area contributed by atoms with Crippen LogP contribution in [0.4, 0.5) is 13.2 Å². The molecule has 1 aromatic carbocycles. The molecule has 1 rings (SSSR count). The molecule has 0 spiro atoms. The molecule has 0 amide bonds. The summed E-state index contributed by atoms with van der Waals surface area (Å²) < 4.78 is 37.6. The average Bonchev–Trinajstić information content (AvgIpc) is 2.26. The second kappa shape index (κ2) is 5.44. The summed E-state index contributed by atoms with van der Waals surface area (Å²) in [4.78, 5) is 0. The van der Waals surface area contributed by atoms with Gasteiger partial charge in [0.1, 0.15) is 6.10 Å². The Morgan fingerprint density at radius 3 is 2.29 bits per heavy atom. The van der Waals surface area contributed by atoms with Gasteiger partial charge in [0.05, 0.1) is 22.6 Å². The van der Waals surface area contributed by atoms with Crippen LogP contribution in [0.2, 0.25) is 5.02 Å². The fraction of sp³-hybridized carbons (Fsp3) is 0.400. The highest BCUT2D eigenvalue weighted by Gasteiger charge is 2.34. The number of aliphatic hydroxyl groups is 2. The van der Waals surface area contributed by atoms with E-state index >= 15 is 0 Å². The highest BCUT2D eigenvalue weighted by molar-refractivity contribution is 6.31. The second-order valence-corrected chi connectivity index (χ2v) is 4.12. The highest BCUT2D eigenvalue weighted by Crippen LogP contribution is 2.36. The van der Waals surface area contributed by atoms with E-state index in [-0.39, 0.29) is 11.4 Å². The number of hydrogen-bond acceptors (Lipinski definition) is 2. The molecule has 0 aromatic heterocycles. The SMILES string of the molecule is OC(CCl)C(O)c1ccc(Cl)c(C(F)(F)F)c1. The average molecular weight is 289 g/mol. The molecule has 7 heteroatoms. The summed E-state index contributed by atoms with van der Waals surface area (Å²) in [5, 5.41) is 18.3. The first kappa shape index (κ1) is 14.6. The quantitative estimate of drug-likeness (QED) is 0.840. The monoisotopic (exact) mass is 288 g/mol. The van der Waals surface area contributed by atoms with E-state index in [1.807, 2.05) is 0 Å². The molecule has 2 nitrogen and oxygen atoms in total. The molecule has 2 atom stereocenters.